The van der Waals surface area contributed by atoms with Crippen LogP contribution in [0.5, 0.6) is 5.75 Å². The van der Waals surface area contributed by atoms with Crippen molar-refractivity contribution in [2.24, 2.45) is 0 Å². The van der Waals surface area contributed by atoms with Crippen molar-refractivity contribution in [1.82, 2.24) is 0 Å². The normalized spacial score (nSPS) is 14.7. The second kappa shape index (κ2) is 5.62. The zero-order chi connectivity index (χ0) is 16.6. The lowest BCUT2D eigenvalue weighted by Crippen LogP contribution is -2.22. The number of anilines is 1. The number of hydrogen-bond donors (Lipinski definition) is 1. The summed E-state index contributed by atoms with van der Waals surface area (Å²) >= 11 is 1.56. The Balaban J connectivity index is 1.75. The van der Waals surface area contributed by atoms with Crippen LogP contribution in [0.2, 0.25) is 0 Å². The third-order valence-corrected chi connectivity index (χ3v) is 4.41. The molecular formula is C17H14NO4S-. The van der Waals surface area contributed by atoms with Crippen LogP contribution in [-0.4, -0.2) is 16.8 Å². The molecule has 6 heteroatoms. The van der Waals surface area contributed by atoms with Crippen LogP contribution in [0.1, 0.15) is 34.6 Å². The minimum absolute atomic E-state index is 0.0660. The zero-order valence-electron chi connectivity index (χ0n) is 12.6. The standard InChI is InChI=1S/C17H15NO4S/c1-17(2)22-13-8-5-11(9-14(13)23-17)15(19)18-12-6-3-10(4-7-12)16(20)21/h3-9H,1-2H3,(H,18,19)(H,20,21)/p-1. The Kier molecular flexibility index (Phi) is 3.77. The molecule has 1 aliphatic heterocycles. The van der Waals surface area contributed by atoms with Crippen LogP contribution >= 0.6 is 11.8 Å². The van der Waals surface area contributed by atoms with E-state index in [9.17, 15) is 14.7 Å². The summed E-state index contributed by atoms with van der Waals surface area (Å²) in [6.07, 6.45) is 0. The lowest BCUT2D eigenvalue weighted by atomic mass is 10.1. The second-order valence-corrected chi connectivity index (χ2v) is 7.21. The zero-order valence-corrected chi connectivity index (χ0v) is 13.4. The van der Waals surface area contributed by atoms with Gasteiger partial charge in [0.25, 0.3) is 5.91 Å². The molecule has 0 saturated carbocycles. The van der Waals surface area contributed by atoms with Gasteiger partial charge in [0, 0.05) is 11.3 Å². The van der Waals surface area contributed by atoms with E-state index in [1.54, 1.807) is 30.0 Å². The number of hydrogen-bond acceptors (Lipinski definition) is 5. The summed E-state index contributed by atoms with van der Waals surface area (Å²) < 4.78 is 5.75. The second-order valence-electron chi connectivity index (χ2n) is 5.58. The van der Waals surface area contributed by atoms with E-state index in [1.807, 2.05) is 13.8 Å². The molecule has 2 aromatic rings. The first kappa shape index (κ1) is 15.4. The molecule has 1 heterocycles. The van der Waals surface area contributed by atoms with Crippen molar-refractivity contribution in [2.75, 3.05) is 5.32 Å². The molecule has 1 amide bonds. The number of carboxylic acid groups (broad SMARTS) is 1. The number of amides is 1. The fourth-order valence-corrected chi connectivity index (χ4v) is 3.31. The van der Waals surface area contributed by atoms with Gasteiger partial charge < -0.3 is 20.0 Å². The third kappa shape index (κ3) is 3.32. The number of carbonyl (C=O) groups excluding carboxylic acids is 2. The van der Waals surface area contributed by atoms with Crippen LogP contribution in [0.4, 0.5) is 5.69 Å². The number of carbonyl (C=O) groups is 2. The molecule has 0 radical (unpaired) electrons. The van der Waals surface area contributed by atoms with E-state index in [2.05, 4.69) is 5.32 Å². The molecule has 0 aromatic heterocycles. The highest BCUT2D eigenvalue weighted by atomic mass is 32.2. The van der Waals surface area contributed by atoms with Crippen molar-refractivity contribution in [2.45, 2.75) is 23.7 Å². The van der Waals surface area contributed by atoms with Crippen LogP contribution in [0.3, 0.4) is 0 Å². The fourth-order valence-electron chi connectivity index (χ4n) is 2.26. The minimum Gasteiger partial charge on any atom is -0.545 e. The highest BCUT2D eigenvalue weighted by molar-refractivity contribution is 8.00. The topological polar surface area (TPSA) is 78.5 Å². The molecule has 5 nitrogen and oxygen atoms in total. The highest BCUT2D eigenvalue weighted by Crippen LogP contribution is 2.47. The van der Waals surface area contributed by atoms with Gasteiger partial charge in [0.2, 0.25) is 0 Å². The van der Waals surface area contributed by atoms with E-state index in [4.69, 9.17) is 4.74 Å². The van der Waals surface area contributed by atoms with Crippen LogP contribution < -0.4 is 15.2 Å². The van der Waals surface area contributed by atoms with Gasteiger partial charge in [-0.25, -0.2) is 0 Å². The number of rotatable bonds is 3. The van der Waals surface area contributed by atoms with Gasteiger partial charge in [0.15, 0.2) is 4.93 Å². The van der Waals surface area contributed by atoms with Crippen LogP contribution in [0, 0.1) is 0 Å². The number of aromatic carboxylic acids is 1. The summed E-state index contributed by atoms with van der Waals surface area (Å²) in [6, 6.07) is 11.1. The molecule has 0 fully saturated rings. The lowest BCUT2D eigenvalue weighted by molar-refractivity contribution is -0.255. The molecule has 1 aliphatic rings. The van der Waals surface area contributed by atoms with Crippen LogP contribution in [-0.2, 0) is 0 Å². The molecule has 23 heavy (non-hydrogen) atoms. The van der Waals surface area contributed by atoms with Gasteiger partial charge in [-0.05, 0) is 49.7 Å². The molecule has 2 aromatic carbocycles. The van der Waals surface area contributed by atoms with E-state index in [1.165, 1.54) is 24.3 Å². The summed E-state index contributed by atoms with van der Waals surface area (Å²) in [5, 5.41) is 13.4. The van der Waals surface area contributed by atoms with E-state index >= 15 is 0 Å². The number of nitrogens with one attached hydrogen (secondary N) is 1. The smallest absolute Gasteiger partial charge is 0.255 e. The minimum atomic E-state index is -1.25. The first-order valence-corrected chi connectivity index (χ1v) is 7.80. The molecule has 0 unspecified atom stereocenters. The predicted molar refractivity (Wildman–Crippen MR) is 85.7 cm³/mol. The SMILES string of the molecule is CC1(C)Oc2ccc(C(=O)Nc3ccc(C(=O)[O-])cc3)cc2S1. The van der Waals surface area contributed by atoms with Crippen LogP contribution in [0.25, 0.3) is 0 Å². The highest BCUT2D eigenvalue weighted by Gasteiger charge is 2.31. The van der Waals surface area contributed by atoms with Gasteiger partial charge >= 0.3 is 0 Å². The number of fused-ring (bicyclic) bond motifs is 1. The number of carboxylic acids is 1. The number of thioether (sulfide) groups is 1. The molecule has 118 valence electrons. The summed E-state index contributed by atoms with van der Waals surface area (Å²) in [7, 11) is 0. The molecular weight excluding hydrogens is 314 g/mol. The molecule has 0 spiro atoms. The summed E-state index contributed by atoms with van der Waals surface area (Å²) in [4.78, 5) is 23.6. The molecule has 0 bridgehead atoms. The van der Waals surface area contributed by atoms with Crippen LogP contribution in [0.15, 0.2) is 47.4 Å². The van der Waals surface area contributed by atoms with Gasteiger partial charge in [-0.15, -0.1) is 0 Å². The van der Waals surface area contributed by atoms with Gasteiger partial charge in [0.05, 0.1) is 10.9 Å². The van der Waals surface area contributed by atoms with Gasteiger partial charge in [-0.1, -0.05) is 23.9 Å². The van der Waals surface area contributed by atoms with E-state index < -0.39 is 5.97 Å². The van der Waals surface area contributed by atoms with Crippen molar-refractivity contribution in [3.63, 3.8) is 0 Å². The van der Waals surface area contributed by atoms with Crippen molar-refractivity contribution < 1.29 is 19.4 Å². The molecule has 0 aliphatic carbocycles. The third-order valence-electron chi connectivity index (χ3n) is 3.30. The first-order valence-electron chi connectivity index (χ1n) is 6.99. The Morgan fingerprint density at radius 3 is 2.39 bits per heavy atom. The largest absolute Gasteiger partial charge is 0.545 e. The quantitative estimate of drug-likeness (QED) is 0.936. The average Bonchev–Trinajstić information content (AvgIpc) is 2.80. The Morgan fingerprint density at radius 1 is 1.09 bits per heavy atom. The van der Waals surface area contributed by atoms with E-state index in [0.717, 1.165) is 10.6 Å². The maximum absolute atomic E-state index is 12.3. The summed E-state index contributed by atoms with van der Waals surface area (Å²) in [6.45, 7) is 3.94. The van der Waals surface area contributed by atoms with Gasteiger partial charge in [-0.3, -0.25) is 4.79 Å². The maximum Gasteiger partial charge on any atom is 0.255 e. The number of ether oxygens (including phenoxy) is 1. The maximum atomic E-state index is 12.3. The van der Waals surface area contributed by atoms with Crippen molar-refractivity contribution in [3.8, 4) is 5.75 Å². The van der Waals surface area contributed by atoms with Crippen molar-refractivity contribution in [1.29, 1.82) is 0 Å². The number of benzene rings is 2. The molecule has 3 rings (SSSR count). The van der Waals surface area contributed by atoms with Crippen molar-refractivity contribution >= 4 is 29.3 Å². The Labute approximate surface area is 137 Å². The Hall–Kier alpha value is -2.47. The monoisotopic (exact) mass is 328 g/mol. The van der Waals surface area contributed by atoms with Crippen molar-refractivity contribution in [3.05, 3.63) is 53.6 Å². The van der Waals surface area contributed by atoms with Gasteiger partial charge in [-0.2, -0.15) is 0 Å². The first-order chi connectivity index (χ1) is 10.8. The van der Waals surface area contributed by atoms with E-state index in [0.29, 0.717) is 11.3 Å². The fraction of sp³-hybridized carbons (Fsp3) is 0.176. The Morgan fingerprint density at radius 2 is 1.74 bits per heavy atom. The summed E-state index contributed by atoms with van der Waals surface area (Å²) in [5.41, 5.74) is 1.10. The molecule has 0 atom stereocenters. The Bertz CT molecular complexity index is 784. The van der Waals surface area contributed by atoms with Gasteiger partial charge in [0.1, 0.15) is 5.75 Å². The molecule has 0 saturated heterocycles. The lowest BCUT2D eigenvalue weighted by Gasteiger charge is -2.15. The van der Waals surface area contributed by atoms with E-state index in [-0.39, 0.29) is 16.4 Å². The molecule has 1 N–H and O–H groups in total. The predicted octanol–water partition coefficient (Wildman–Crippen LogP) is 2.52. The summed E-state index contributed by atoms with van der Waals surface area (Å²) in [5.74, 6) is -0.740. The average molecular weight is 328 g/mol.